The fourth-order valence-electron chi connectivity index (χ4n) is 2.45. The molecule has 0 unspecified atom stereocenters. The first-order valence-corrected chi connectivity index (χ1v) is 8.47. The van der Waals surface area contributed by atoms with Crippen molar-refractivity contribution in [3.05, 3.63) is 72.4 Å². The van der Waals surface area contributed by atoms with E-state index in [0.717, 1.165) is 0 Å². The number of aromatic nitrogens is 1. The van der Waals surface area contributed by atoms with Crippen LogP contribution < -0.4 is 20.1 Å². The molecule has 0 aliphatic rings. The summed E-state index contributed by atoms with van der Waals surface area (Å²) in [5, 5.41) is 14.9. The van der Waals surface area contributed by atoms with Gasteiger partial charge in [-0.15, -0.1) is 0 Å². The molecule has 0 aliphatic heterocycles. The first kappa shape index (κ1) is 18.7. The van der Waals surface area contributed by atoms with Crippen LogP contribution in [0.2, 0.25) is 0 Å². The highest BCUT2D eigenvalue weighted by Crippen LogP contribution is 2.25. The Morgan fingerprint density at radius 2 is 1.82 bits per heavy atom. The van der Waals surface area contributed by atoms with E-state index in [0.29, 0.717) is 34.3 Å². The molecule has 0 saturated carbocycles. The molecule has 2 aromatic carbocycles. The fraction of sp³-hybridized carbons (Fsp3) is 0.0952. The molecule has 1 amide bonds. The zero-order chi connectivity index (χ0) is 19.8. The van der Waals surface area contributed by atoms with Crippen molar-refractivity contribution in [2.75, 3.05) is 24.4 Å². The molecule has 0 radical (unpaired) electrons. The van der Waals surface area contributed by atoms with Crippen LogP contribution in [0.25, 0.3) is 0 Å². The Kier molecular flexibility index (Phi) is 6.06. The van der Waals surface area contributed by atoms with Gasteiger partial charge in [-0.1, -0.05) is 24.3 Å². The number of hydrogen-bond acceptors (Lipinski definition) is 6. The summed E-state index contributed by atoms with van der Waals surface area (Å²) in [6.45, 7) is -0.157. The van der Waals surface area contributed by atoms with Gasteiger partial charge in [0, 0.05) is 0 Å². The summed E-state index contributed by atoms with van der Waals surface area (Å²) in [5.74, 6) is 1.30. The number of nitriles is 1. The molecular weight excluding hydrogens is 356 g/mol. The number of methoxy groups -OCH3 is 1. The average Bonchev–Trinajstić information content (AvgIpc) is 2.74. The second kappa shape index (κ2) is 9.05. The molecule has 1 aromatic heterocycles. The van der Waals surface area contributed by atoms with Crippen LogP contribution in [0.15, 0.2) is 66.9 Å². The van der Waals surface area contributed by atoms with Crippen molar-refractivity contribution in [3.8, 4) is 17.6 Å². The van der Waals surface area contributed by atoms with Gasteiger partial charge in [-0.3, -0.25) is 4.79 Å². The quantitative estimate of drug-likeness (QED) is 0.654. The van der Waals surface area contributed by atoms with Crippen molar-refractivity contribution in [1.29, 1.82) is 5.26 Å². The van der Waals surface area contributed by atoms with E-state index in [1.165, 1.54) is 6.20 Å². The molecule has 7 nitrogen and oxygen atoms in total. The smallest absolute Gasteiger partial charge is 0.262 e. The Morgan fingerprint density at radius 1 is 1.07 bits per heavy atom. The van der Waals surface area contributed by atoms with Crippen LogP contribution in [0, 0.1) is 11.3 Å². The van der Waals surface area contributed by atoms with Crippen LogP contribution in [-0.2, 0) is 4.79 Å². The van der Waals surface area contributed by atoms with Crippen LogP contribution in [0.4, 0.5) is 17.2 Å². The number of para-hydroxylation sites is 3. The van der Waals surface area contributed by atoms with Crippen molar-refractivity contribution < 1.29 is 14.3 Å². The molecule has 3 aromatic rings. The second-order valence-electron chi connectivity index (χ2n) is 5.70. The highest BCUT2D eigenvalue weighted by atomic mass is 16.5. The first-order valence-electron chi connectivity index (χ1n) is 8.47. The lowest BCUT2D eigenvalue weighted by molar-refractivity contribution is -0.118. The fourth-order valence-corrected chi connectivity index (χ4v) is 2.45. The van der Waals surface area contributed by atoms with E-state index in [1.54, 1.807) is 55.6 Å². The second-order valence-corrected chi connectivity index (χ2v) is 5.70. The monoisotopic (exact) mass is 374 g/mol. The molecule has 1 heterocycles. The third-order valence-corrected chi connectivity index (χ3v) is 3.79. The molecule has 0 aliphatic carbocycles. The van der Waals surface area contributed by atoms with Gasteiger partial charge in [-0.05, 0) is 36.4 Å². The van der Waals surface area contributed by atoms with E-state index in [9.17, 15) is 4.79 Å². The normalized spacial score (nSPS) is 9.86. The van der Waals surface area contributed by atoms with Crippen LogP contribution in [-0.4, -0.2) is 24.6 Å². The molecule has 0 bridgehead atoms. The highest BCUT2D eigenvalue weighted by molar-refractivity contribution is 5.91. The number of carbonyl (C=O) groups excluding carboxylic acids is 1. The van der Waals surface area contributed by atoms with Gasteiger partial charge in [-0.2, -0.15) is 5.26 Å². The van der Waals surface area contributed by atoms with E-state index >= 15 is 0 Å². The largest absolute Gasteiger partial charge is 0.493 e. The Balaban J connectivity index is 1.56. The lowest BCUT2D eigenvalue weighted by atomic mass is 10.2. The summed E-state index contributed by atoms with van der Waals surface area (Å²) in [6, 6.07) is 19.8. The molecule has 140 valence electrons. The maximum atomic E-state index is 12.1. The molecule has 7 heteroatoms. The molecule has 0 saturated heterocycles. The Labute approximate surface area is 162 Å². The number of nitrogens with zero attached hydrogens (tertiary/aromatic N) is 2. The van der Waals surface area contributed by atoms with Crippen LogP contribution in [0.5, 0.6) is 11.5 Å². The minimum atomic E-state index is -0.316. The minimum Gasteiger partial charge on any atom is -0.493 e. The highest BCUT2D eigenvalue weighted by Gasteiger charge is 2.08. The van der Waals surface area contributed by atoms with E-state index < -0.39 is 0 Å². The third-order valence-electron chi connectivity index (χ3n) is 3.79. The van der Waals surface area contributed by atoms with Gasteiger partial charge >= 0.3 is 0 Å². The number of pyridine rings is 1. The van der Waals surface area contributed by atoms with E-state index in [4.69, 9.17) is 14.7 Å². The standard InChI is InChI=1S/C21H18N4O3/c1-27-18-8-4-5-9-19(18)28-14-21(26)24-16-10-11-20(23-13-16)25-17-7-3-2-6-15(17)12-22/h2-11,13H,14H2,1H3,(H,23,25)(H,24,26). The number of rotatable bonds is 7. The number of ether oxygens (including phenoxy) is 2. The lowest BCUT2D eigenvalue weighted by Crippen LogP contribution is -2.20. The maximum Gasteiger partial charge on any atom is 0.262 e. The van der Waals surface area contributed by atoms with Crippen molar-refractivity contribution in [1.82, 2.24) is 4.98 Å². The van der Waals surface area contributed by atoms with E-state index in [-0.39, 0.29) is 12.5 Å². The van der Waals surface area contributed by atoms with E-state index in [1.807, 2.05) is 12.1 Å². The molecule has 0 atom stereocenters. The topological polar surface area (TPSA) is 96.3 Å². The minimum absolute atomic E-state index is 0.157. The number of hydrogen-bond donors (Lipinski definition) is 2. The van der Waals surface area contributed by atoms with Gasteiger partial charge in [0.15, 0.2) is 18.1 Å². The summed E-state index contributed by atoms with van der Waals surface area (Å²) < 4.78 is 10.7. The average molecular weight is 374 g/mol. The van der Waals surface area contributed by atoms with Crippen molar-refractivity contribution in [2.45, 2.75) is 0 Å². The van der Waals surface area contributed by atoms with Gasteiger partial charge in [0.05, 0.1) is 30.2 Å². The van der Waals surface area contributed by atoms with Crippen LogP contribution >= 0.6 is 0 Å². The van der Waals surface area contributed by atoms with Gasteiger partial charge in [0.2, 0.25) is 0 Å². The SMILES string of the molecule is COc1ccccc1OCC(=O)Nc1ccc(Nc2ccccc2C#N)nc1. The van der Waals surface area contributed by atoms with Gasteiger partial charge < -0.3 is 20.1 Å². The molecule has 2 N–H and O–H groups in total. The van der Waals surface area contributed by atoms with E-state index in [2.05, 4.69) is 21.7 Å². The maximum absolute atomic E-state index is 12.1. The number of benzene rings is 2. The Hall–Kier alpha value is -4.05. The predicted octanol–water partition coefficient (Wildman–Crippen LogP) is 3.72. The number of amides is 1. The van der Waals surface area contributed by atoms with Crippen LogP contribution in [0.1, 0.15) is 5.56 Å². The van der Waals surface area contributed by atoms with Crippen molar-refractivity contribution in [3.63, 3.8) is 0 Å². The molecule has 0 fully saturated rings. The number of nitrogens with one attached hydrogen (secondary N) is 2. The summed E-state index contributed by atoms with van der Waals surface area (Å²) in [5.41, 5.74) is 1.72. The van der Waals surface area contributed by atoms with Crippen molar-refractivity contribution >= 4 is 23.1 Å². The summed E-state index contributed by atoms with van der Waals surface area (Å²) >= 11 is 0. The van der Waals surface area contributed by atoms with Crippen molar-refractivity contribution in [2.24, 2.45) is 0 Å². The molecule has 3 rings (SSSR count). The zero-order valence-electron chi connectivity index (χ0n) is 15.2. The predicted molar refractivity (Wildman–Crippen MR) is 106 cm³/mol. The number of anilines is 3. The van der Waals surface area contributed by atoms with Crippen LogP contribution in [0.3, 0.4) is 0 Å². The zero-order valence-corrected chi connectivity index (χ0v) is 15.2. The Bertz CT molecular complexity index is 997. The molecular formula is C21H18N4O3. The molecule has 28 heavy (non-hydrogen) atoms. The van der Waals surface area contributed by atoms with Gasteiger partial charge in [-0.25, -0.2) is 4.98 Å². The third kappa shape index (κ3) is 4.77. The Morgan fingerprint density at radius 3 is 2.54 bits per heavy atom. The summed E-state index contributed by atoms with van der Waals surface area (Å²) in [4.78, 5) is 16.3. The summed E-state index contributed by atoms with van der Waals surface area (Å²) in [7, 11) is 1.54. The van der Waals surface area contributed by atoms with Gasteiger partial charge in [0.1, 0.15) is 11.9 Å². The lowest BCUT2D eigenvalue weighted by Gasteiger charge is -2.11. The first-order chi connectivity index (χ1) is 13.7. The molecule has 0 spiro atoms. The van der Waals surface area contributed by atoms with Gasteiger partial charge in [0.25, 0.3) is 5.91 Å². The summed E-state index contributed by atoms with van der Waals surface area (Å²) in [6.07, 6.45) is 1.53. The number of carbonyl (C=O) groups is 1.